The second-order valence-electron chi connectivity index (χ2n) is 31.9. The number of carbonyl (C=O) groups is 8. The standard InChI is InChI=1S/C20H16N2O4.C19H11BrN2O3.C19H16N2O3.C13H11N5O3.C10H9NO2.C9H11NO.C8H9NO2.C8H11N.2CO2.ClH/c1-25-20-15-14(17(26-20)21-16(20)12-8-4-2-5-9-12)18(23)22(19(15)24)13-10-6-3-7-11-13;20-17-14-13(16(23)15(21-17)11-7-3-1-4-8-11)18(24)22(19(14)25)12-9-5-2-6-10-12;22-17-15-14(11-20-16(17)12-7-3-1-4-8-12)18(23)21(19(15)24)13-9-5-2-6-10-13;14-16-11-8-7(12(20)17-18-13(8)21)10(19)9(15-11)6-4-2-1-3-5-6;1-12-10-9(11-7-13-10)8-5-3-2-4-6-8;1-8(10-7-11)9-5-3-2-4-6-9;9-8(11-6-10)7-4-2-1-3-5-7;1-7(9)8-5-3-2-4-6-8;2*2-1-3;/h2-11,14-15,17H,1H3;1-10,23H;1-10,14-15,17,22H,11H2;1-5,19H,14H2,(H,15,16)(H,17,20)(H,18,21);2-7H,1H3;2-8H,1H3,(H,10,11);1-6,8H,9H2;2-7H,9H2,1H3;;;1H. The van der Waals surface area contributed by atoms with Crippen LogP contribution in [0.1, 0.15) is 80.7 Å². The first-order valence-electron chi connectivity index (χ1n) is 44.7. The number of aromatic nitrogens is 5. The maximum absolute atomic E-state index is 13.2. The Balaban J connectivity index is 0.000000162. The molecule has 21 rings (SSSR count). The number of anilines is 4. The number of imide groups is 3. The van der Waals surface area contributed by atoms with E-state index >= 15 is 0 Å². The van der Waals surface area contributed by atoms with Crippen molar-refractivity contribution < 1.29 is 114 Å². The monoisotopic (exact) mass is 2070 g/mol. The molecule has 6 aliphatic rings. The summed E-state index contributed by atoms with van der Waals surface area (Å²) >= 11 is 3.28. The Labute approximate surface area is 853 Å². The molecule has 10 unspecified atom stereocenters. The van der Waals surface area contributed by atoms with E-state index < -0.39 is 71.0 Å². The van der Waals surface area contributed by atoms with E-state index in [9.17, 15) is 63.3 Å². The van der Waals surface area contributed by atoms with Crippen molar-refractivity contribution in [3.8, 4) is 51.2 Å². The number of amides is 7. The summed E-state index contributed by atoms with van der Waals surface area (Å²) in [6, 6.07) is 102. The molecule has 10 heterocycles. The van der Waals surface area contributed by atoms with Crippen LogP contribution in [0.25, 0.3) is 44.5 Å². The number of para-hydroxylation sites is 3. The number of H-pyrrole nitrogens is 2. The van der Waals surface area contributed by atoms with Gasteiger partial charge in [-0.05, 0) is 77.3 Å². The molecule has 748 valence electrons. The van der Waals surface area contributed by atoms with Gasteiger partial charge in [-0.3, -0.25) is 73.9 Å². The van der Waals surface area contributed by atoms with Gasteiger partial charge in [0.05, 0.1) is 65.4 Å². The van der Waals surface area contributed by atoms with Gasteiger partial charge in [0.2, 0.25) is 35.8 Å². The number of halogens is 2. The van der Waals surface area contributed by atoms with Gasteiger partial charge in [0.1, 0.15) is 56.5 Å². The van der Waals surface area contributed by atoms with Crippen molar-refractivity contribution in [2.24, 2.45) is 45.2 Å². The first-order chi connectivity index (χ1) is 70.8. The lowest BCUT2D eigenvalue weighted by Gasteiger charge is -2.30. The molecule has 0 spiro atoms. The van der Waals surface area contributed by atoms with Crippen molar-refractivity contribution in [2.75, 3.05) is 40.9 Å². The number of hydrogen-bond acceptors (Lipinski definition) is 30. The average molecular weight is 2070 g/mol. The minimum absolute atomic E-state index is 0. The van der Waals surface area contributed by atoms with Crippen molar-refractivity contribution in [2.45, 2.75) is 50.3 Å². The molecule has 10 atom stereocenters. The fourth-order valence-corrected chi connectivity index (χ4v) is 16.9. The Hall–Kier alpha value is -17.9. The van der Waals surface area contributed by atoms with E-state index in [2.05, 4.69) is 91.3 Å². The number of nitrogens with two attached hydrogens (primary N) is 2. The number of carbonyl (C=O) groups excluding carboxylic acids is 12. The van der Waals surface area contributed by atoms with Gasteiger partial charge in [0.15, 0.2) is 41.9 Å². The van der Waals surface area contributed by atoms with E-state index in [1.165, 1.54) is 28.9 Å². The molecule has 11 aromatic carbocycles. The second kappa shape index (κ2) is 52.7. The molecule has 39 heteroatoms. The molecule has 3 fully saturated rings. The minimum Gasteiger partial charge on any atom is -1.00 e. The molecule has 0 saturated carbocycles. The van der Waals surface area contributed by atoms with E-state index in [-0.39, 0.29) is 116 Å². The number of aromatic amines is 2. The number of aliphatic imine (C=N–C) groups is 2. The predicted octanol–water partition coefficient (Wildman–Crippen LogP) is 9.42. The number of aromatic hydroxyl groups is 2. The number of nitrogens with zero attached hydrogens (tertiary/aromatic N) is 8. The number of quaternary nitrogens is 1. The number of hydrogen-bond donors (Lipinski definition) is 10. The van der Waals surface area contributed by atoms with Crippen LogP contribution in [0.15, 0.2) is 369 Å². The van der Waals surface area contributed by atoms with E-state index in [0.717, 1.165) is 44.8 Å². The lowest BCUT2D eigenvalue weighted by atomic mass is 9.82. The molecule has 4 aromatic heterocycles. The summed E-state index contributed by atoms with van der Waals surface area (Å²) in [5, 5.41) is 38.4. The molecule has 0 radical (unpaired) electrons. The van der Waals surface area contributed by atoms with Crippen molar-refractivity contribution in [1.29, 1.82) is 0 Å². The number of methoxy groups -OCH3 is 2. The van der Waals surface area contributed by atoms with Crippen LogP contribution in [-0.2, 0) is 62.2 Å². The molecular formula is C108H95BrClN15O22. The van der Waals surface area contributed by atoms with Gasteiger partial charge in [-0.1, -0.05) is 297 Å². The summed E-state index contributed by atoms with van der Waals surface area (Å²) in [6.07, 6.45) is 0.170. The largest absolute Gasteiger partial charge is 1.00 e. The first kappa shape index (κ1) is 109. The number of fused-ring (bicyclic) bond motifs is 8. The Kier molecular flexibility index (Phi) is 39.2. The summed E-state index contributed by atoms with van der Waals surface area (Å²) < 4.78 is 26.5. The molecular weight excluding hydrogens is 1970 g/mol. The van der Waals surface area contributed by atoms with Crippen molar-refractivity contribution >= 4 is 122 Å². The van der Waals surface area contributed by atoms with Crippen LogP contribution in [0.5, 0.6) is 17.4 Å². The number of ether oxygens (including phenoxy) is 4. The first-order valence-corrected chi connectivity index (χ1v) is 45.5. The molecule has 0 aliphatic carbocycles. The zero-order valence-corrected chi connectivity index (χ0v) is 81.0. The second-order valence-corrected chi connectivity index (χ2v) is 32.7. The lowest BCUT2D eigenvalue weighted by molar-refractivity contribution is -0.420. The van der Waals surface area contributed by atoms with Gasteiger partial charge in [-0.2, -0.15) is 19.2 Å². The van der Waals surface area contributed by atoms with Gasteiger partial charge >= 0.3 is 18.2 Å². The van der Waals surface area contributed by atoms with Gasteiger partial charge < -0.3 is 67.6 Å². The number of hydrazine groups is 1. The molecule has 2 bridgehead atoms. The molecule has 3 saturated heterocycles. The average Bonchev–Trinajstić information content (AvgIpc) is 1.52. The summed E-state index contributed by atoms with van der Waals surface area (Å²) in [4.78, 5) is 178. The summed E-state index contributed by atoms with van der Waals surface area (Å²) in [5.41, 5.74) is 21.2. The lowest BCUT2D eigenvalue weighted by Crippen LogP contribution is -3.00. The fourth-order valence-electron chi connectivity index (χ4n) is 16.4. The van der Waals surface area contributed by atoms with Crippen molar-refractivity contribution in [1.82, 2.24) is 30.5 Å². The zero-order chi connectivity index (χ0) is 105. The van der Waals surface area contributed by atoms with Gasteiger partial charge in [0.25, 0.3) is 29.4 Å². The van der Waals surface area contributed by atoms with Gasteiger partial charge in [-0.15, -0.1) is 0 Å². The number of nitrogen functional groups attached to an aromatic ring is 1. The number of aliphatic hydroxyl groups excluding tert-OH is 1. The number of nitrogens with one attached hydrogen (secondary N) is 4. The smallest absolute Gasteiger partial charge is 0.373 e. The summed E-state index contributed by atoms with van der Waals surface area (Å²) in [6.45, 7) is 4.61. The SMILES string of the molecule is CC(NC=O)c1ccccc1.CC([NH3+])c1ccccc1.COC12OC(N=C1c1ccccc1)C1C(=O)N(c3ccccc3)C(=O)C12.COc1ocnc1-c1ccccc1.NC(OC=O)c1ccccc1.NNc1nc(-c2ccccc2)c(O)c2c(=O)[nH][nH]c(=O)c12.O=C1C2CN=C(c3ccccc3)C(O)C2C(=O)N1c1ccccc1.O=C1c2c(Br)nc(-c3ccccc3)c(O)c2C(=O)N1c1ccccc1.O=C=O.O=C=O.[Cl-]. The third-order valence-electron chi connectivity index (χ3n) is 23.2. The number of aliphatic hydroxyl groups is 1. The molecule has 147 heavy (non-hydrogen) atoms. The molecule has 37 nitrogen and oxygen atoms in total. The summed E-state index contributed by atoms with van der Waals surface area (Å²) in [7, 11) is 3.05. The maximum Gasteiger partial charge on any atom is 0.373 e. The third-order valence-corrected chi connectivity index (χ3v) is 23.7. The third kappa shape index (κ3) is 25.2. The Morgan fingerprint density at radius 2 is 0.918 bits per heavy atom. The topological polar surface area (TPSA) is 558 Å². The fraction of sp³-hybridized carbons (Fsp3) is 0.139. The van der Waals surface area contributed by atoms with Crippen LogP contribution in [0.2, 0.25) is 0 Å². The quantitative estimate of drug-likeness (QED) is 0.00954. The van der Waals surface area contributed by atoms with E-state index in [1.807, 2.05) is 183 Å². The van der Waals surface area contributed by atoms with Gasteiger partial charge in [-0.25, -0.2) is 35.5 Å². The predicted molar refractivity (Wildman–Crippen MR) is 539 cm³/mol. The van der Waals surface area contributed by atoms with E-state index in [0.29, 0.717) is 58.1 Å². The Bertz CT molecular complexity index is 7240. The normalized spacial score (nSPS) is 17.4. The number of benzene rings is 11. The van der Waals surface area contributed by atoms with Crippen LogP contribution >= 0.6 is 15.9 Å². The molecule has 6 aliphatic heterocycles. The number of pyridine rings is 2. The van der Waals surface area contributed by atoms with Crippen LogP contribution in [0.3, 0.4) is 0 Å². The van der Waals surface area contributed by atoms with Crippen LogP contribution in [0, 0.1) is 23.7 Å². The zero-order valence-electron chi connectivity index (χ0n) is 78.7. The van der Waals surface area contributed by atoms with E-state index in [4.69, 9.17) is 49.4 Å². The highest BCUT2D eigenvalue weighted by Crippen LogP contribution is 2.54. The maximum atomic E-state index is 13.2. The van der Waals surface area contributed by atoms with Crippen molar-refractivity contribution in [3.05, 3.63) is 404 Å². The summed E-state index contributed by atoms with van der Waals surface area (Å²) in [5.74, 6) is -1.24. The van der Waals surface area contributed by atoms with E-state index in [1.54, 1.807) is 153 Å². The van der Waals surface area contributed by atoms with Crippen LogP contribution in [0.4, 0.5) is 22.9 Å². The van der Waals surface area contributed by atoms with Crippen LogP contribution in [-0.4, -0.2) is 151 Å². The van der Waals surface area contributed by atoms with Crippen LogP contribution < -0.4 is 71.0 Å². The molecule has 15 aromatic rings. The van der Waals surface area contributed by atoms with Crippen molar-refractivity contribution in [3.63, 3.8) is 0 Å². The Morgan fingerprint density at radius 3 is 1.36 bits per heavy atom. The minimum atomic E-state index is -1.33. The number of rotatable bonds is 18. The molecule has 14 N–H and O–H groups in total. The number of oxazole rings is 1. The highest BCUT2D eigenvalue weighted by molar-refractivity contribution is 9.10. The highest BCUT2D eigenvalue weighted by Gasteiger charge is 2.73. The van der Waals surface area contributed by atoms with Gasteiger partial charge in [0, 0.05) is 40.5 Å². The highest BCUT2D eigenvalue weighted by atomic mass is 79.9. The Morgan fingerprint density at radius 1 is 0.517 bits per heavy atom. The molecule has 7 amide bonds.